The molecule has 106 valence electrons. The summed E-state index contributed by atoms with van der Waals surface area (Å²) >= 11 is 0. The summed E-state index contributed by atoms with van der Waals surface area (Å²) in [6.45, 7) is 6.87. The van der Waals surface area contributed by atoms with Crippen LogP contribution in [0.5, 0.6) is 0 Å². The molecule has 1 N–H and O–H groups in total. The molecule has 1 fully saturated rings. The predicted octanol–water partition coefficient (Wildman–Crippen LogP) is 1.30. The Hall–Kier alpha value is -1.14. The second kappa shape index (κ2) is 5.46. The minimum atomic E-state index is -3.23. The molecule has 6 heteroatoms. The lowest BCUT2D eigenvalue weighted by Gasteiger charge is -2.18. The molecule has 0 unspecified atom stereocenters. The summed E-state index contributed by atoms with van der Waals surface area (Å²) < 4.78 is 26.9. The molecule has 0 bridgehead atoms. The Kier molecular flexibility index (Phi) is 4.10. The summed E-state index contributed by atoms with van der Waals surface area (Å²) in [6.07, 6.45) is 0.650. The Bertz CT molecular complexity index is 543. The summed E-state index contributed by atoms with van der Waals surface area (Å²) in [5, 5.41) is -0.350. The van der Waals surface area contributed by atoms with Crippen molar-refractivity contribution in [3.63, 3.8) is 0 Å². The molecule has 1 atom stereocenters. The zero-order valence-electron chi connectivity index (χ0n) is 11.6. The molecule has 19 heavy (non-hydrogen) atoms. The molecule has 2 rings (SSSR count). The van der Waals surface area contributed by atoms with Crippen molar-refractivity contribution in [1.29, 1.82) is 0 Å². The third-order valence-electron chi connectivity index (χ3n) is 3.18. The fraction of sp³-hybridized carbons (Fsp3) is 0.615. The van der Waals surface area contributed by atoms with E-state index >= 15 is 0 Å². The topological polar surface area (TPSA) is 62.3 Å². The van der Waals surface area contributed by atoms with Crippen LogP contribution >= 0.6 is 0 Å². The van der Waals surface area contributed by atoms with Gasteiger partial charge in [-0.2, -0.15) is 0 Å². The molecule has 0 saturated carbocycles. The van der Waals surface area contributed by atoms with Gasteiger partial charge in [0.05, 0.1) is 5.25 Å². The zero-order chi connectivity index (χ0) is 14.0. The number of pyridine rings is 1. The fourth-order valence-corrected chi connectivity index (χ4v) is 3.96. The first kappa shape index (κ1) is 14.3. The maximum Gasteiger partial charge on any atom is 0.216 e. The van der Waals surface area contributed by atoms with Crippen molar-refractivity contribution in [2.45, 2.75) is 38.5 Å². The van der Waals surface area contributed by atoms with Crippen LogP contribution in [0.3, 0.4) is 0 Å². The van der Waals surface area contributed by atoms with Crippen LogP contribution in [0.1, 0.15) is 26.0 Å². The van der Waals surface area contributed by atoms with Crippen LogP contribution in [0.25, 0.3) is 0 Å². The number of anilines is 1. The number of aromatic nitrogens is 1. The number of hydrogen-bond acceptors (Lipinski definition) is 4. The SMILES string of the molecule is Cc1cccc(N2CC[C@H](S(=O)(=O)NC(C)C)C2)n1. The molecule has 0 radical (unpaired) electrons. The molecule has 0 aromatic carbocycles. The minimum absolute atomic E-state index is 0.0591. The smallest absolute Gasteiger partial charge is 0.216 e. The minimum Gasteiger partial charge on any atom is -0.355 e. The monoisotopic (exact) mass is 283 g/mol. The van der Waals surface area contributed by atoms with Crippen LogP contribution in [-0.4, -0.2) is 37.8 Å². The van der Waals surface area contributed by atoms with Gasteiger partial charge in [0.15, 0.2) is 0 Å². The first-order chi connectivity index (χ1) is 8.88. The first-order valence-electron chi connectivity index (χ1n) is 6.58. The highest BCUT2D eigenvalue weighted by molar-refractivity contribution is 7.90. The average molecular weight is 283 g/mol. The molecule has 1 aliphatic rings. The van der Waals surface area contributed by atoms with Gasteiger partial charge in [-0.3, -0.25) is 0 Å². The van der Waals surface area contributed by atoms with E-state index < -0.39 is 10.0 Å². The number of rotatable bonds is 4. The molecule has 5 nitrogen and oxygen atoms in total. The van der Waals surface area contributed by atoms with Gasteiger partial charge in [-0.15, -0.1) is 0 Å². The summed E-state index contributed by atoms with van der Waals surface area (Å²) in [5.74, 6) is 0.863. The number of sulfonamides is 1. The van der Waals surface area contributed by atoms with Crippen LogP contribution in [0.15, 0.2) is 18.2 Å². The lowest BCUT2D eigenvalue weighted by molar-refractivity contribution is 0.557. The molecule has 1 aromatic heterocycles. The van der Waals surface area contributed by atoms with E-state index in [1.165, 1.54) is 0 Å². The molecule has 1 aromatic rings. The van der Waals surface area contributed by atoms with Crippen LogP contribution in [0, 0.1) is 6.92 Å². The van der Waals surface area contributed by atoms with Gasteiger partial charge in [-0.1, -0.05) is 6.07 Å². The van der Waals surface area contributed by atoms with Crippen molar-refractivity contribution in [2.75, 3.05) is 18.0 Å². The highest BCUT2D eigenvalue weighted by atomic mass is 32.2. The van der Waals surface area contributed by atoms with Crippen molar-refractivity contribution < 1.29 is 8.42 Å². The normalized spacial score (nSPS) is 20.2. The van der Waals surface area contributed by atoms with Gasteiger partial charge in [0.2, 0.25) is 10.0 Å². The average Bonchev–Trinajstić information content (AvgIpc) is 2.77. The maximum atomic E-state index is 12.1. The molecular weight excluding hydrogens is 262 g/mol. The van der Waals surface area contributed by atoms with Gasteiger partial charge in [0.25, 0.3) is 0 Å². The highest BCUT2D eigenvalue weighted by Gasteiger charge is 2.33. The van der Waals surface area contributed by atoms with E-state index in [9.17, 15) is 8.42 Å². The Morgan fingerprint density at radius 2 is 2.16 bits per heavy atom. The summed E-state index contributed by atoms with van der Waals surface area (Å²) in [5.41, 5.74) is 0.948. The van der Waals surface area contributed by atoms with Crippen molar-refractivity contribution in [1.82, 2.24) is 9.71 Å². The van der Waals surface area contributed by atoms with Gasteiger partial charge in [-0.25, -0.2) is 18.1 Å². The number of hydrogen-bond donors (Lipinski definition) is 1. The maximum absolute atomic E-state index is 12.1. The second-order valence-corrected chi connectivity index (χ2v) is 7.30. The first-order valence-corrected chi connectivity index (χ1v) is 8.13. The van der Waals surface area contributed by atoms with Gasteiger partial charge in [-0.05, 0) is 39.3 Å². The molecule has 0 aliphatic carbocycles. The van der Waals surface area contributed by atoms with Crippen molar-refractivity contribution in [3.8, 4) is 0 Å². The molecule has 0 spiro atoms. The fourth-order valence-electron chi connectivity index (χ4n) is 2.32. The Morgan fingerprint density at radius 1 is 1.42 bits per heavy atom. The van der Waals surface area contributed by atoms with E-state index in [-0.39, 0.29) is 11.3 Å². The second-order valence-electron chi connectivity index (χ2n) is 5.31. The molecule has 0 amide bonds. The Morgan fingerprint density at radius 3 is 2.79 bits per heavy atom. The standard InChI is InChI=1S/C13H21N3O2S/c1-10(2)15-19(17,18)12-7-8-16(9-12)13-6-4-5-11(3)14-13/h4-6,10,12,15H,7-9H2,1-3H3/t12-/m0/s1. The number of nitrogens with zero attached hydrogens (tertiary/aromatic N) is 2. The number of nitrogens with one attached hydrogen (secondary N) is 1. The van der Waals surface area contributed by atoms with Crippen molar-refractivity contribution >= 4 is 15.8 Å². The quantitative estimate of drug-likeness (QED) is 0.904. The molecule has 2 heterocycles. The third-order valence-corrected chi connectivity index (χ3v) is 5.24. The van der Waals surface area contributed by atoms with E-state index in [0.29, 0.717) is 13.0 Å². The van der Waals surface area contributed by atoms with Gasteiger partial charge in [0.1, 0.15) is 5.82 Å². The van der Waals surface area contributed by atoms with E-state index in [0.717, 1.165) is 18.1 Å². The highest BCUT2D eigenvalue weighted by Crippen LogP contribution is 2.22. The largest absolute Gasteiger partial charge is 0.355 e. The molecule has 1 aliphatic heterocycles. The number of aryl methyl sites for hydroxylation is 1. The van der Waals surface area contributed by atoms with Crippen molar-refractivity contribution in [3.05, 3.63) is 23.9 Å². The zero-order valence-corrected chi connectivity index (χ0v) is 12.4. The summed E-state index contributed by atoms with van der Waals surface area (Å²) in [4.78, 5) is 6.48. The third kappa shape index (κ3) is 3.45. The lowest BCUT2D eigenvalue weighted by Crippen LogP contribution is -2.39. The van der Waals surface area contributed by atoms with Crippen molar-refractivity contribution in [2.24, 2.45) is 0 Å². The van der Waals surface area contributed by atoms with Crippen LogP contribution < -0.4 is 9.62 Å². The van der Waals surface area contributed by atoms with E-state index in [4.69, 9.17) is 0 Å². The van der Waals surface area contributed by atoms with E-state index in [1.54, 1.807) is 0 Å². The Balaban J connectivity index is 2.08. The van der Waals surface area contributed by atoms with Crippen LogP contribution in [0.2, 0.25) is 0 Å². The van der Waals surface area contributed by atoms with Gasteiger partial charge >= 0.3 is 0 Å². The summed E-state index contributed by atoms with van der Waals surface area (Å²) in [6, 6.07) is 5.76. The Labute approximate surface area is 115 Å². The summed E-state index contributed by atoms with van der Waals surface area (Å²) in [7, 11) is -3.23. The predicted molar refractivity (Wildman–Crippen MR) is 76.8 cm³/mol. The van der Waals surface area contributed by atoms with Crippen LogP contribution in [-0.2, 0) is 10.0 Å². The van der Waals surface area contributed by atoms with Crippen LogP contribution in [0.4, 0.5) is 5.82 Å². The van der Waals surface area contributed by atoms with E-state index in [1.807, 2.05) is 43.9 Å². The van der Waals surface area contributed by atoms with Gasteiger partial charge in [0, 0.05) is 24.8 Å². The van der Waals surface area contributed by atoms with E-state index in [2.05, 4.69) is 9.71 Å². The lowest BCUT2D eigenvalue weighted by atomic mass is 10.3. The molecule has 1 saturated heterocycles. The van der Waals surface area contributed by atoms with Gasteiger partial charge < -0.3 is 4.90 Å². The molecular formula is C13H21N3O2S.